The molecule has 7 heteroatoms. The van der Waals surface area contributed by atoms with Gasteiger partial charge in [0, 0.05) is 12.6 Å². The number of fused-ring (bicyclic) bond motifs is 1. The van der Waals surface area contributed by atoms with Gasteiger partial charge in [-0.05, 0) is 72.7 Å². The summed E-state index contributed by atoms with van der Waals surface area (Å²) in [7, 11) is 0. The lowest BCUT2D eigenvalue weighted by Gasteiger charge is -2.27. The Labute approximate surface area is 217 Å². The first-order valence-electron chi connectivity index (χ1n) is 12.3. The third-order valence-corrected chi connectivity index (χ3v) is 6.54. The highest BCUT2D eigenvalue weighted by Crippen LogP contribution is 2.29. The van der Waals surface area contributed by atoms with Crippen LogP contribution in [-0.2, 0) is 29.0 Å². The van der Waals surface area contributed by atoms with Gasteiger partial charge in [0.2, 0.25) is 0 Å². The minimum atomic E-state index is -0.689. The fourth-order valence-electron chi connectivity index (χ4n) is 4.32. The summed E-state index contributed by atoms with van der Waals surface area (Å²) >= 11 is 6.43. The second kappa shape index (κ2) is 12.8. The van der Waals surface area contributed by atoms with Crippen LogP contribution in [0.3, 0.4) is 0 Å². The molecule has 0 saturated heterocycles. The number of halogens is 1. The van der Waals surface area contributed by atoms with Gasteiger partial charge in [-0.3, -0.25) is 0 Å². The van der Waals surface area contributed by atoms with Gasteiger partial charge in [0.25, 0.3) is 0 Å². The van der Waals surface area contributed by atoms with Crippen LogP contribution in [0.4, 0.5) is 0 Å². The monoisotopic (exact) mass is 509 g/mol. The van der Waals surface area contributed by atoms with Crippen molar-refractivity contribution in [3.05, 3.63) is 94.0 Å². The molecule has 0 saturated carbocycles. The van der Waals surface area contributed by atoms with Crippen LogP contribution in [0, 0.1) is 0 Å². The molecule has 0 aliphatic heterocycles. The maximum atomic E-state index is 11.6. The molecule has 36 heavy (non-hydrogen) atoms. The average Bonchev–Trinajstić information content (AvgIpc) is 2.90. The van der Waals surface area contributed by atoms with Crippen LogP contribution in [0.15, 0.2) is 66.7 Å². The number of aliphatic hydroxyl groups is 1. The highest BCUT2D eigenvalue weighted by molar-refractivity contribution is 6.32. The van der Waals surface area contributed by atoms with Crippen molar-refractivity contribution in [2.75, 3.05) is 19.8 Å². The summed E-state index contributed by atoms with van der Waals surface area (Å²) in [6.45, 7) is 2.86. The predicted molar refractivity (Wildman–Crippen MR) is 140 cm³/mol. The highest BCUT2D eigenvalue weighted by atomic mass is 35.5. The van der Waals surface area contributed by atoms with Crippen molar-refractivity contribution in [3.63, 3.8) is 0 Å². The predicted octanol–water partition coefficient (Wildman–Crippen LogP) is 5.04. The molecule has 1 aliphatic rings. The van der Waals surface area contributed by atoms with Crippen molar-refractivity contribution >= 4 is 17.6 Å². The molecular weight excluding hydrogens is 478 g/mol. The van der Waals surface area contributed by atoms with Gasteiger partial charge in [0.15, 0.2) is 6.61 Å². The lowest BCUT2D eigenvalue weighted by molar-refractivity contribution is -0.145. The number of ether oxygens (including phenoxy) is 3. The molecule has 1 aliphatic carbocycles. The Balaban J connectivity index is 1.28. The summed E-state index contributed by atoms with van der Waals surface area (Å²) in [5.41, 5.74) is 4.28. The van der Waals surface area contributed by atoms with E-state index in [0.717, 1.165) is 30.4 Å². The fourth-order valence-corrected chi connectivity index (χ4v) is 4.56. The van der Waals surface area contributed by atoms with Crippen LogP contribution in [0.5, 0.6) is 11.5 Å². The Morgan fingerprint density at radius 1 is 1.08 bits per heavy atom. The molecule has 0 heterocycles. The molecule has 0 unspecified atom stereocenters. The first-order valence-corrected chi connectivity index (χ1v) is 12.7. The number of rotatable bonds is 11. The van der Waals surface area contributed by atoms with Gasteiger partial charge in [-0.1, -0.05) is 54.1 Å². The molecule has 3 aromatic carbocycles. The van der Waals surface area contributed by atoms with Crippen LogP contribution in [0.2, 0.25) is 5.02 Å². The van der Waals surface area contributed by atoms with Crippen LogP contribution < -0.4 is 14.8 Å². The van der Waals surface area contributed by atoms with E-state index in [9.17, 15) is 9.90 Å². The molecular formula is C29H32ClNO5. The SMILES string of the molecule is CCOC(=O)COc1ccc2c(c1)C[C@H](NC[C@@H](O)c1ccc(OCc3ccccc3)c(Cl)c1)CC2. The van der Waals surface area contributed by atoms with Crippen molar-refractivity contribution in [1.82, 2.24) is 5.32 Å². The van der Waals surface area contributed by atoms with Crippen molar-refractivity contribution < 1.29 is 24.1 Å². The minimum Gasteiger partial charge on any atom is -0.487 e. The molecule has 0 radical (unpaired) electrons. The molecule has 0 spiro atoms. The van der Waals surface area contributed by atoms with Gasteiger partial charge in [-0.2, -0.15) is 0 Å². The zero-order valence-electron chi connectivity index (χ0n) is 20.4. The Morgan fingerprint density at radius 3 is 2.69 bits per heavy atom. The number of benzene rings is 3. The lowest BCUT2D eigenvalue weighted by Crippen LogP contribution is -2.37. The Kier molecular flexibility index (Phi) is 9.23. The van der Waals surface area contributed by atoms with Gasteiger partial charge in [-0.15, -0.1) is 0 Å². The van der Waals surface area contributed by atoms with E-state index in [0.29, 0.717) is 36.3 Å². The first kappa shape index (κ1) is 26.0. The normalized spacial score (nSPS) is 15.6. The number of nitrogens with one attached hydrogen (secondary N) is 1. The maximum Gasteiger partial charge on any atom is 0.344 e. The van der Waals surface area contributed by atoms with Gasteiger partial charge in [0.05, 0.1) is 17.7 Å². The number of esters is 1. The van der Waals surface area contributed by atoms with E-state index in [1.807, 2.05) is 48.5 Å². The average molecular weight is 510 g/mol. The molecule has 0 fully saturated rings. The van der Waals surface area contributed by atoms with E-state index in [1.165, 1.54) is 11.1 Å². The van der Waals surface area contributed by atoms with E-state index in [2.05, 4.69) is 11.4 Å². The Hall–Kier alpha value is -3.06. The summed E-state index contributed by atoms with van der Waals surface area (Å²) in [5, 5.41) is 14.7. The summed E-state index contributed by atoms with van der Waals surface area (Å²) < 4.78 is 16.3. The standard InChI is InChI=1S/C29H32ClNO5/c1-2-34-29(33)19-35-25-12-9-21-8-11-24(14-23(21)15-25)31-17-27(32)22-10-13-28(26(30)16-22)36-18-20-6-4-3-5-7-20/h3-7,9-10,12-13,15-16,24,27,31-32H,2,8,11,14,17-19H2,1H3/t24-,27-/m1/s1. The summed E-state index contributed by atoms with van der Waals surface area (Å²) in [5.74, 6) is 0.876. The van der Waals surface area contributed by atoms with E-state index in [4.69, 9.17) is 25.8 Å². The van der Waals surface area contributed by atoms with Crippen molar-refractivity contribution in [3.8, 4) is 11.5 Å². The van der Waals surface area contributed by atoms with Gasteiger partial charge in [-0.25, -0.2) is 4.79 Å². The Morgan fingerprint density at radius 2 is 1.92 bits per heavy atom. The molecule has 0 bridgehead atoms. The molecule has 6 nitrogen and oxygen atoms in total. The summed E-state index contributed by atoms with van der Waals surface area (Å²) in [4.78, 5) is 11.6. The first-order chi connectivity index (χ1) is 17.5. The second-order valence-corrected chi connectivity index (χ2v) is 9.26. The second-order valence-electron chi connectivity index (χ2n) is 8.85. The topological polar surface area (TPSA) is 77.0 Å². The number of hydrogen-bond donors (Lipinski definition) is 2. The highest BCUT2D eigenvalue weighted by Gasteiger charge is 2.21. The summed E-state index contributed by atoms with van der Waals surface area (Å²) in [6.07, 6.45) is 2.06. The molecule has 190 valence electrons. The number of aliphatic hydroxyl groups excluding tert-OH is 1. The third-order valence-electron chi connectivity index (χ3n) is 6.25. The smallest absolute Gasteiger partial charge is 0.344 e. The van der Waals surface area contributed by atoms with E-state index >= 15 is 0 Å². The lowest BCUT2D eigenvalue weighted by atomic mass is 9.88. The Bertz CT molecular complexity index is 1150. The number of carbonyl (C=O) groups excluding carboxylic acids is 1. The fraction of sp³-hybridized carbons (Fsp3) is 0.345. The minimum absolute atomic E-state index is 0.0981. The quantitative estimate of drug-likeness (QED) is 0.353. The molecule has 2 N–H and O–H groups in total. The van der Waals surface area contributed by atoms with Crippen LogP contribution in [-0.4, -0.2) is 36.9 Å². The number of aryl methyl sites for hydroxylation is 1. The number of hydrogen-bond acceptors (Lipinski definition) is 6. The third kappa shape index (κ3) is 7.23. The maximum absolute atomic E-state index is 11.6. The van der Waals surface area contributed by atoms with E-state index < -0.39 is 6.10 Å². The zero-order chi connectivity index (χ0) is 25.3. The van der Waals surface area contributed by atoms with Gasteiger partial charge >= 0.3 is 5.97 Å². The zero-order valence-corrected chi connectivity index (χ0v) is 21.2. The van der Waals surface area contributed by atoms with E-state index in [1.54, 1.807) is 19.1 Å². The van der Waals surface area contributed by atoms with E-state index in [-0.39, 0.29) is 18.6 Å². The summed E-state index contributed by atoms with van der Waals surface area (Å²) in [6, 6.07) is 21.5. The molecule has 4 rings (SSSR count). The molecule has 0 amide bonds. The van der Waals surface area contributed by atoms with Gasteiger partial charge in [0.1, 0.15) is 18.1 Å². The molecule has 0 aromatic heterocycles. The van der Waals surface area contributed by atoms with Crippen LogP contribution >= 0.6 is 11.6 Å². The van der Waals surface area contributed by atoms with Crippen LogP contribution in [0.25, 0.3) is 0 Å². The van der Waals surface area contributed by atoms with Crippen molar-refractivity contribution in [2.24, 2.45) is 0 Å². The molecule has 3 aromatic rings. The van der Waals surface area contributed by atoms with Gasteiger partial charge < -0.3 is 24.6 Å². The van der Waals surface area contributed by atoms with Crippen LogP contribution in [0.1, 0.15) is 41.7 Å². The largest absolute Gasteiger partial charge is 0.487 e. The van der Waals surface area contributed by atoms with Crippen molar-refractivity contribution in [1.29, 1.82) is 0 Å². The molecule has 2 atom stereocenters. The van der Waals surface area contributed by atoms with Crippen molar-refractivity contribution in [2.45, 2.75) is 44.9 Å². The number of carbonyl (C=O) groups is 1.